The Morgan fingerprint density at radius 3 is 2.96 bits per heavy atom. The molecular formula is C20H22FN5O. The van der Waals surface area contributed by atoms with Crippen LogP contribution in [0.25, 0.3) is 11.3 Å². The average molecular weight is 367 g/mol. The van der Waals surface area contributed by atoms with Crippen LogP contribution in [-0.2, 0) is 0 Å². The van der Waals surface area contributed by atoms with Gasteiger partial charge in [0, 0.05) is 23.0 Å². The molecule has 2 bridgehead atoms. The van der Waals surface area contributed by atoms with Gasteiger partial charge in [0.25, 0.3) is 0 Å². The Labute approximate surface area is 157 Å². The minimum absolute atomic E-state index is 0.136. The molecule has 2 N–H and O–H groups in total. The Hall–Kier alpha value is -3.09. The van der Waals surface area contributed by atoms with Crippen LogP contribution in [0.3, 0.4) is 0 Å². The van der Waals surface area contributed by atoms with Crippen molar-refractivity contribution in [1.82, 2.24) is 19.9 Å². The van der Waals surface area contributed by atoms with Crippen LogP contribution in [-0.4, -0.2) is 27.2 Å². The summed E-state index contributed by atoms with van der Waals surface area (Å²) >= 11 is 0. The monoisotopic (exact) mass is 367 g/mol. The number of anilines is 1. The SMILES string of the molecule is C=C1NC[C@H](C)Oc2ccc(F)cc2[C@@H](C)Nc2nc3c1cnn3cc2C. The molecule has 0 aliphatic carbocycles. The second kappa shape index (κ2) is 6.57. The third kappa shape index (κ3) is 3.20. The van der Waals surface area contributed by atoms with Crippen molar-refractivity contribution >= 4 is 17.2 Å². The normalized spacial score (nSPS) is 19.9. The van der Waals surface area contributed by atoms with Gasteiger partial charge in [0.2, 0.25) is 0 Å². The van der Waals surface area contributed by atoms with E-state index >= 15 is 0 Å². The van der Waals surface area contributed by atoms with Crippen molar-refractivity contribution in [3.63, 3.8) is 0 Å². The van der Waals surface area contributed by atoms with Crippen molar-refractivity contribution in [2.75, 3.05) is 11.9 Å². The summed E-state index contributed by atoms with van der Waals surface area (Å²) in [5.41, 5.74) is 3.95. The van der Waals surface area contributed by atoms with Crippen molar-refractivity contribution in [3.8, 4) is 5.75 Å². The topological polar surface area (TPSA) is 63.5 Å². The lowest BCUT2D eigenvalue weighted by molar-refractivity contribution is 0.220. The van der Waals surface area contributed by atoms with Crippen LogP contribution in [0.15, 0.2) is 37.2 Å². The summed E-state index contributed by atoms with van der Waals surface area (Å²) in [6.07, 6.45) is 3.53. The highest BCUT2D eigenvalue weighted by molar-refractivity contribution is 5.74. The first-order valence-electron chi connectivity index (χ1n) is 8.93. The fraction of sp³-hybridized carbons (Fsp3) is 0.300. The number of aryl methyl sites for hydroxylation is 1. The molecule has 6 nitrogen and oxygen atoms in total. The maximum absolute atomic E-state index is 13.9. The number of benzene rings is 1. The summed E-state index contributed by atoms with van der Waals surface area (Å²) in [4.78, 5) is 4.75. The lowest BCUT2D eigenvalue weighted by Gasteiger charge is -2.22. The van der Waals surface area contributed by atoms with Crippen LogP contribution in [0.5, 0.6) is 5.75 Å². The Morgan fingerprint density at radius 1 is 1.33 bits per heavy atom. The maximum atomic E-state index is 13.9. The molecule has 0 amide bonds. The zero-order valence-electron chi connectivity index (χ0n) is 15.6. The number of aromatic nitrogens is 3. The minimum atomic E-state index is -0.298. The number of nitrogens with zero attached hydrogens (tertiary/aromatic N) is 3. The molecule has 140 valence electrons. The van der Waals surface area contributed by atoms with Gasteiger partial charge in [-0.15, -0.1) is 0 Å². The first kappa shape index (κ1) is 17.3. The molecule has 0 saturated heterocycles. The zero-order chi connectivity index (χ0) is 19.1. The predicted molar refractivity (Wildman–Crippen MR) is 103 cm³/mol. The number of halogens is 1. The molecule has 1 aromatic carbocycles. The van der Waals surface area contributed by atoms with Crippen molar-refractivity contribution in [3.05, 3.63) is 59.7 Å². The number of fused-ring (bicyclic) bond motifs is 2. The molecular weight excluding hydrogens is 345 g/mol. The van der Waals surface area contributed by atoms with Gasteiger partial charge >= 0.3 is 0 Å². The first-order valence-corrected chi connectivity index (χ1v) is 8.93. The average Bonchev–Trinajstić information content (AvgIpc) is 3.03. The molecule has 1 aliphatic rings. The summed E-state index contributed by atoms with van der Waals surface area (Å²) < 4.78 is 21.7. The Balaban J connectivity index is 1.85. The second-order valence-electron chi connectivity index (χ2n) is 6.94. The highest BCUT2D eigenvalue weighted by Gasteiger charge is 2.19. The molecule has 2 atom stereocenters. The smallest absolute Gasteiger partial charge is 0.166 e. The second-order valence-corrected chi connectivity index (χ2v) is 6.94. The highest BCUT2D eigenvalue weighted by Crippen LogP contribution is 2.31. The molecule has 7 heteroatoms. The van der Waals surface area contributed by atoms with Crippen molar-refractivity contribution in [1.29, 1.82) is 0 Å². The van der Waals surface area contributed by atoms with E-state index in [1.165, 1.54) is 12.1 Å². The summed E-state index contributed by atoms with van der Waals surface area (Å²) in [6, 6.07) is 4.39. The summed E-state index contributed by atoms with van der Waals surface area (Å²) in [7, 11) is 0. The van der Waals surface area contributed by atoms with Crippen LogP contribution in [0.4, 0.5) is 10.2 Å². The first-order chi connectivity index (χ1) is 12.9. The number of rotatable bonds is 0. The zero-order valence-corrected chi connectivity index (χ0v) is 15.6. The van der Waals surface area contributed by atoms with Gasteiger partial charge in [-0.1, -0.05) is 6.58 Å². The van der Waals surface area contributed by atoms with E-state index in [1.807, 2.05) is 27.0 Å². The molecule has 1 aliphatic heterocycles. The van der Waals surface area contributed by atoms with Crippen LogP contribution in [0, 0.1) is 12.7 Å². The lowest BCUT2D eigenvalue weighted by Crippen LogP contribution is -2.28. The quantitative estimate of drug-likeness (QED) is 0.634. The van der Waals surface area contributed by atoms with E-state index < -0.39 is 0 Å². The van der Waals surface area contributed by atoms with Crippen LogP contribution in [0.1, 0.15) is 36.6 Å². The Morgan fingerprint density at radius 2 is 2.15 bits per heavy atom. The molecule has 0 saturated carbocycles. The third-order valence-electron chi connectivity index (χ3n) is 4.72. The van der Waals surface area contributed by atoms with E-state index in [-0.39, 0.29) is 18.0 Å². The fourth-order valence-electron chi connectivity index (χ4n) is 3.23. The van der Waals surface area contributed by atoms with Crippen LogP contribution in [0.2, 0.25) is 0 Å². The molecule has 0 radical (unpaired) electrons. The molecule has 3 heterocycles. The van der Waals surface area contributed by atoms with Gasteiger partial charge in [-0.2, -0.15) is 5.10 Å². The highest BCUT2D eigenvalue weighted by atomic mass is 19.1. The van der Waals surface area contributed by atoms with Gasteiger partial charge in [0.1, 0.15) is 23.5 Å². The van der Waals surface area contributed by atoms with E-state index in [9.17, 15) is 4.39 Å². The van der Waals surface area contributed by atoms with Gasteiger partial charge in [-0.05, 0) is 39.0 Å². The van der Waals surface area contributed by atoms with Crippen LogP contribution >= 0.6 is 0 Å². The van der Waals surface area contributed by atoms with E-state index in [0.29, 0.717) is 23.8 Å². The molecule has 3 aromatic rings. The third-order valence-corrected chi connectivity index (χ3v) is 4.72. The van der Waals surface area contributed by atoms with E-state index in [2.05, 4.69) is 22.3 Å². The molecule has 0 fully saturated rings. The minimum Gasteiger partial charge on any atom is -0.489 e. The van der Waals surface area contributed by atoms with Gasteiger partial charge in [0.15, 0.2) is 5.65 Å². The summed E-state index contributed by atoms with van der Waals surface area (Å²) in [6.45, 7) is 10.5. The van der Waals surface area contributed by atoms with E-state index in [0.717, 1.165) is 22.4 Å². The fourth-order valence-corrected chi connectivity index (χ4v) is 3.23. The largest absolute Gasteiger partial charge is 0.489 e. The number of hydrogen-bond donors (Lipinski definition) is 2. The molecule has 4 rings (SSSR count). The van der Waals surface area contributed by atoms with Crippen molar-refractivity contribution in [2.45, 2.75) is 32.9 Å². The number of ether oxygens (including phenoxy) is 1. The maximum Gasteiger partial charge on any atom is 0.166 e. The van der Waals surface area contributed by atoms with Crippen molar-refractivity contribution in [2.24, 2.45) is 0 Å². The molecule has 0 unspecified atom stereocenters. The molecule has 2 aromatic heterocycles. The Bertz CT molecular complexity index is 1030. The molecule has 27 heavy (non-hydrogen) atoms. The standard InChI is InChI=1S/C20H22FN5O/c1-11-10-26-20-17(9-23-26)13(3)22-8-12(2)27-18-6-5-15(21)7-16(18)14(4)24-19(11)25-20/h5-7,9-10,12,14,22H,3,8H2,1-2,4H3,(H,24,25)/t12-,14+/m0/s1. The lowest BCUT2D eigenvalue weighted by atomic mass is 10.1. The van der Waals surface area contributed by atoms with E-state index in [4.69, 9.17) is 9.72 Å². The van der Waals surface area contributed by atoms with Crippen molar-refractivity contribution < 1.29 is 9.13 Å². The Kier molecular flexibility index (Phi) is 4.22. The molecule has 0 spiro atoms. The van der Waals surface area contributed by atoms with Gasteiger partial charge in [-0.25, -0.2) is 13.9 Å². The van der Waals surface area contributed by atoms with Crippen LogP contribution < -0.4 is 15.4 Å². The van der Waals surface area contributed by atoms with Gasteiger partial charge < -0.3 is 15.4 Å². The number of nitrogens with one attached hydrogen (secondary N) is 2. The van der Waals surface area contributed by atoms with E-state index in [1.54, 1.807) is 16.8 Å². The summed E-state index contributed by atoms with van der Waals surface area (Å²) in [5, 5.41) is 11.0. The predicted octanol–water partition coefficient (Wildman–Crippen LogP) is 3.69. The summed E-state index contributed by atoms with van der Waals surface area (Å²) in [5.74, 6) is 1.07. The number of hydrogen-bond acceptors (Lipinski definition) is 5. The van der Waals surface area contributed by atoms with Gasteiger partial charge in [-0.3, -0.25) is 0 Å². The van der Waals surface area contributed by atoms with Gasteiger partial charge in [0.05, 0.1) is 24.3 Å².